The molecule has 8 heteroatoms. The van der Waals surface area contributed by atoms with E-state index in [1.54, 1.807) is 17.9 Å². The molecule has 5 rings (SSSR count). The third-order valence-corrected chi connectivity index (χ3v) is 6.09. The molecule has 3 aromatic heterocycles. The monoisotopic (exact) mass is 429 g/mol. The van der Waals surface area contributed by atoms with Gasteiger partial charge in [0, 0.05) is 35.0 Å². The lowest BCUT2D eigenvalue weighted by Gasteiger charge is -2.37. The second kappa shape index (κ2) is 7.55. The molecule has 1 aliphatic heterocycles. The number of hydrogen-bond acceptors (Lipinski definition) is 7. The number of fused-ring (bicyclic) bond motifs is 2. The van der Waals surface area contributed by atoms with Crippen molar-refractivity contribution in [2.45, 2.75) is 19.8 Å². The van der Waals surface area contributed by atoms with Gasteiger partial charge in [-0.3, -0.25) is 9.78 Å². The Hall–Kier alpha value is -3.65. The largest absolute Gasteiger partial charge is 0.438 e. The lowest BCUT2D eigenvalue weighted by atomic mass is 9.69. The summed E-state index contributed by atoms with van der Waals surface area (Å²) in [7, 11) is 0. The molecular weight excluding hydrogens is 410 g/mol. The van der Waals surface area contributed by atoms with E-state index in [1.165, 1.54) is 11.3 Å². The summed E-state index contributed by atoms with van der Waals surface area (Å²) in [5.74, 6) is 0.804. The maximum Gasteiger partial charge on any atom is 0.232 e. The van der Waals surface area contributed by atoms with Gasteiger partial charge in [0.15, 0.2) is 0 Å². The van der Waals surface area contributed by atoms with Gasteiger partial charge in [-0.2, -0.15) is 0 Å². The van der Waals surface area contributed by atoms with Crippen LogP contribution in [0.15, 0.2) is 66.4 Å². The molecule has 0 unspecified atom stereocenters. The van der Waals surface area contributed by atoms with E-state index < -0.39 is 5.41 Å². The van der Waals surface area contributed by atoms with Crippen LogP contribution in [0.25, 0.3) is 11.3 Å². The van der Waals surface area contributed by atoms with Crippen LogP contribution >= 0.6 is 11.3 Å². The standard InChI is InChI=1S/C23H19N5O2S/c1-23(2,21(29)27-22-28-25-13-31-22)19-15-7-3-4-8-18(15)30-20-16(19)9-10-17(26-20)14-6-5-11-24-12-14/h3-13,19H,1-2H3,(H,27,28,29)/t19-/m0/s1. The van der Waals surface area contributed by atoms with Gasteiger partial charge < -0.3 is 10.1 Å². The first-order chi connectivity index (χ1) is 15.0. The van der Waals surface area contributed by atoms with E-state index in [2.05, 4.69) is 20.5 Å². The number of nitrogens with one attached hydrogen (secondary N) is 1. The Morgan fingerprint density at radius 1 is 1.10 bits per heavy atom. The number of carbonyl (C=O) groups is 1. The molecule has 0 aliphatic carbocycles. The van der Waals surface area contributed by atoms with Gasteiger partial charge in [-0.15, -0.1) is 10.2 Å². The molecule has 1 atom stereocenters. The number of benzene rings is 1. The van der Waals surface area contributed by atoms with Crippen LogP contribution in [0.4, 0.5) is 5.13 Å². The van der Waals surface area contributed by atoms with E-state index in [0.717, 1.165) is 22.4 Å². The molecule has 154 valence electrons. The van der Waals surface area contributed by atoms with Crippen LogP contribution in [0, 0.1) is 5.41 Å². The number of ether oxygens (including phenoxy) is 1. The lowest BCUT2D eigenvalue weighted by molar-refractivity contribution is -0.124. The van der Waals surface area contributed by atoms with Crippen molar-refractivity contribution < 1.29 is 9.53 Å². The molecule has 4 aromatic rings. The fourth-order valence-electron chi connectivity index (χ4n) is 3.91. The highest BCUT2D eigenvalue weighted by Crippen LogP contribution is 2.51. The fraction of sp³-hybridized carbons (Fsp3) is 0.174. The molecular formula is C23H19N5O2S. The van der Waals surface area contributed by atoms with E-state index >= 15 is 0 Å². The first-order valence-electron chi connectivity index (χ1n) is 9.80. The van der Waals surface area contributed by atoms with Gasteiger partial charge in [-0.05, 0) is 24.3 Å². The van der Waals surface area contributed by atoms with Crippen molar-refractivity contribution in [2.75, 3.05) is 5.32 Å². The van der Waals surface area contributed by atoms with Gasteiger partial charge in [-0.25, -0.2) is 4.98 Å². The second-order valence-corrected chi connectivity index (χ2v) is 8.66. The van der Waals surface area contributed by atoms with Crippen molar-refractivity contribution in [3.05, 3.63) is 77.6 Å². The van der Waals surface area contributed by atoms with Crippen LogP contribution in [0.5, 0.6) is 11.6 Å². The minimum absolute atomic E-state index is 0.145. The zero-order valence-corrected chi connectivity index (χ0v) is 17.8. The second-order valence-electron chi connectivity index (χ2n) is 7.83. The summed E-state index contributed by atoms with van der Waals surface area (Å²) in [6, 6.07) is 15.5. The number of aromatic nitrogens is 4. The van der Waals surface area contributed by atoms with Crippen LogP contribution in [-0.4, -0.2) is 26.1 Å². The number of para-hydroxylation sites is 1. The van der Waals surface area contributed by atoms with Gasteiger partial charge in [0.2, 0.25) is 16.9 Å². The van der Waals surface area contributed by atoms with E-state index in [4.69, 9.17) is 9.72 Å². The first kappa shape index (κ1) is 19.3. The minimum atomic E-state index is -0.808. The van der Waals surface area contributed by atoms with E-state index in [0.29, 0.717) is 16.8 Å². The van der Waals surface area contributed by atoms with Crippen molar-refractivity contribution >= 4 is 22.4 Å². The minimum Gasteiger partial charge on any atom is -0.438 e. The van der Waals surface area contributed by atoms with Crippen LogP contribution in [0.3, 0.4) is 0 Å². The highest BCUT2D eigenvalue weighted by Gasteiger charge is 2.44. The fourth-order valence-corrected chi connectivity index (χ4v) is 4.35. The molecule has 7 nitrogen and oxygen atoms in total. The topological polar surface area (TPSA) is 89.9 Å². The average Bonchev–Trinajstić information content (AvgIpc) is 3.30. The van der Waals surface area contributed by atoms with Gasteiger partial charge in [0.1, 0.15) is 11.3 Å². The summed E-state index contributed by atoms with van der Waals surface area (Å²) in [5.41, 5.74) is 4.26. The molecule has 0 spiro atoms. The van der Waals surface area contributed by atoms with Gasteiger partial charge in [0.25, 0.3) is 0 Å². The zero-order valence-electron chi connectivity index (χ0n) is 16.9. The van der Waals surface area contributed by atoms with E-state index in [-0.39, 0.29) is 11.8 Å². The normalized spacial score (nSPS) is 14.8. The Morgan fingerprint density at radius 3 is 2.74 bits per heavy atom. The molecule has 0 fully saturated rings. The predicted octanol–water partition coefficient (Wildman–Crippen LogP) is 4.90. The van der Waals surface area contributed by atoms with Gasteiger partial charge in [-0.1, -0.05) is 49.4 Å². The number of pyridine rings is 2. The van der Waals surface area contributed by atoms with Crippen LogP contribution in [-0.2, 0) is 4.79 Å². The van der Waals surface area contributed by atoms with Crippen molar-refractivity contribution in [1.29, 1.82) is 0 Å². The third kappa shape index (κ3) is 3.44. The molecule has 1 N–H and O–H groups in total. The number of hydrogen-bond donors (Lipinski definition) is 1. The quantitative estimate of drug-likeness (QED) is 0.496. The van der Waals surface area contributed by atoms with Gasteiger partial charge >= 0.3 is 0 Å². The Morgan fingerprint density at radius 2 is 1.97 bits per heavy atom. The number of amides is 1. The summed E-state index contributed by atoms with van der Waals surface area (Å²) < 4.78 is 6.17. The maximum absolute atomic E-state index is 13.3. The van der Waals surface area contributed by atoms with E-state index in [1.807, 2.05) is 62.4 Å². The molecule has 4 heterocycles. The summed E-state index contributed by atoms with van der Waals surface area (Å²) in [6.07, 6.45) is 3.49. The molecule has 0 saturated heterocycles. The Labute approximate surface area is 183 Å². The SMILES string of the molecule is CC(C)(C(=O)Nc1nncs1)[C@H]1c2ccccc2Oc2nc(-c3cccnc3)ccc21. The van der Waals surface area contributed by atoms with Crippen molar-refractivity contribution in [2.24, 2.45) is 5.41 Å². The number of rotatable bonds is 4. The molecule has 0 saturated carbocycles. The Balaban J connectivity index is 1.59. The Kier molecular flexibility index (Phi) is 4.71. The van der Waals surface area contributed by atoms with Crippen LogP contribution in [0.1, 0.15) is 30.9 Å². The molecule has 1 amide bonds. The summed E-state index contributed by atoms with van der Waals surface area (Å²) in [4.78, 5) is 22.2. The number of carbonyl (C=O) groups excluding carboxylic acids is 1. The first-order valence-corrected chi connectivity index (χ1v) is 10.7. The van der Waals surface area contributed by atoms with Crippen molar-refractivity contribution in [1.82, 2.24) is 20.2 Å². The predicted molar refractivity (Wildman–Crippen MR) is 118 cm³/mol. The molecule has 1 aromatic carbocycles. The average molecular weight is 430 g/mol. The molecule has 0 radical (unpaired) electrons. The van der Waals surface area contributed by atoms with Crippen molar-refractivity contribution in [3.8, 4) is 22.9 Å². The maximum atomic E-state index is 13.3. The van der Waals surface area contributed by atoms with E-state index in [9.17, 15) is 4.79 Å². The summed E-state index contributed by atoms with van der Waals surface area (Å²) in [6.45, 7) is 3.85. The smallest absolute Gasteiger partial charge is 0.232 e. The zero-order chi connectivity index (χ0) is 21.4. The summed E-state index contributed by atoms with van der Waals surface area (Å²) >= 11 is 1.29. The highest BCUT2D eigenvalue weighted by atomic mass is 32.1. The third-order valence-electron chi connectivity index (χ3n) is 5.48. The lowest BCUT2D eigenvalue weighted by Crippen LogP contribution is -2.38. The van der Waals surface area contributed by atoms with Crippen molar-refractivity contribution in [3.63, 3.8) is 0 Å². The number of anilines is 1. The number of nitrogens with zero attached hydrogens (tertiary/aromatic N) is 4. The molecule has 1 aliphatic rings. The summed E-state index contributed by atoms with van der Waals surface area (Å²) in [5, 5.41) is 11.1. The molecule has 0 bridgehead atoms. The Bertz CT molecular complexity index is 1240. The van der Waals surface area contributed by atoms with Crippen LogP contribution in [0.2, 0.25) is 0 Å². The highest BCUT2D eigenvalue weighted by molar-refractivity contribution is 7.13. The van der Waals surface area contributed by atoms with Crippen LogP contribution < -0.4 is 10.1 Å². The van der Waals surface area contributed by atoms with Gasteiger partial charge in [0.05, 0.1) is 11.1 Å². The molecule has 31 heavy (non-hydrogen) atoms.